The van der Waals surface area contributed by atoms with E-state index < -0.39 is 12.1 Å². The zero-order valence-corrected chi connectivity index (χ0v) is 7.81. The first kappa shape index (κ1) is 9.60. The summed E-state index contributed by atoms with van der Waals surface area (Å²) in [6.45, 7) is -2.90. The van der Waals surface area contributed by atoms with Crippen molar-refractivity contribution in [1.29, 1.82) is 0 Å². The normalized spacial score (nSPS) is 10.8. The predicted octanol–water partition coefficient (Wildman–Crippen LogP) is 2.05. The molecule has 0 spiro atoms. The van der Waals surface area contributed by atoms with Crippen molar-refractivity contribution in [2.24, 2.45) is 0 Å². The molecule has 1 aromatic rings. The smallest absolute Gasteiger partial charge is 0.268 e. The lowest BCUT2D eigenvalue weighted by atomic mass is 10.6. The van der Waals surface area contributed by atoms with E-state index in [-0.39, 0.29) is 14.2 Å². The highest BCUT2D eigenvalue weighted by Gasteiger charge is 2.12. The zero-order chi connectivity index (χ0) is 9.30. The van der Waals surface area contributed by atoms with E-state index in [2.05, 4.69) is 20.9 Å². The van der Waals surface area contributed by atoms with E-state index in [0.717, 1.165) is 0 Å². The Hall–Kier alpha value is -0.490. The maximum Gasteiger partial charge on any atom is 0.322 e. The van der Waals surface area contributed by atoms with Gasteiger partial charge >= 0.3 is 6.55 Å². The molecular weight excluding hydrogens is 257 g/mol. The number of hydrogen-bond acceptors (Lipinski definition) is 2. The molecule has 0 bridgehead atoms. The van der Waals surface area contributed by atoms with Crippen molar-refractivity contribution in [2.75, 3.05) is 0 Å². The van der Waals surface area contributed by atoms with E-state index in [4.69, 9.17) is 11.6 Å². The van der Waals surface area contributed by atoms with Gasteiger partial charge in [0, 0.05) is 0 Å². The van der Waals surface area contributed by atoms with Gasteiger partial charge in [0.05, 0.1) is 0 Å². The van der Waals surface area contributed by atoms with Crippen molar-refractivity contribution in [2.45, 2.75) is 6.55 Å². The van der Waals surface area contributed by atoms with Crippen LogP contribution in [0.1, 0.15) is 6.55 Å². The molecule has 0 N–H and O–H groups in total. The first-order valence-electron chi connectivity index (χ1n) is 2.74. The quantitative estimate of drug-likeness (QED) is 0.724. The summed E-state index contributed by atoms with van der Waals surface area (Å²) in [4.78, 5) is 14.3. The lowest BCUT2D eigenvalue weighted by Gasteiger charge is -2.02. The van der Waals surface area contributed by atoms with Gasteiger partial charge in [-0.05, 0) is 15.9 Å². The average molecular weight is 259 g/mol. The van der Waals surface area contributed by atoms with Gasteiger partial charge in [0.2, 0.25) is 0 Å². The Balaban J connectivity index is 3.37. The summed E-state index contributed by atoms with van der Waals surface area (Å²) in [5.74, 6) is 0. The lowest BCUT2D eigenvalue weighted by molar-refractivity contribution is 0.0649. The van der Waals surface area contributed by atoms with Gasteiger partial charge in [-0.2, -0.15) is 8.78 Å². The van der Waals surface area contributed by atoms with Gasteiger partial charge in [-0.25, -0.2) is 9.55 Å². The van der Waals surface area contributed by atoms with Crippen molar-refractivity contribution in [3.8, 4) is 0 Å². The molecule has 7 heteroatoms. The Kier molecular flexibility index (Phi) is 2.79. The van der Waals surface area contributed by atoms with Gasteiger partial charge in [0.1, 0.15) is 10.8 Å². The highest BCUT2D eigenvalue weighted by Crippen LogP contribution is 2.15. The maximum atomic E-state index is 12.0. The predicted molar refractivity (Wildman–Crippen MR) is 42.5 cm³/mol. The molecule has 1 heterocycles. The summed E-state index contributed by atoms with van der Waals surface area (Å²) in [6.07, 6.45) is 0.695. The first-order chi connectivity index (χ1) is 5.54. The fraction of sp³-hybridized carbons (Fsp3) is 0.200. The minimum atomic E-state index is -2.90. The summed E-state index contributed by atoms with van der Waals surface area (Å²) >= 11 is 8.11. The second-order valence-corrected chi connectivity index (χ2v) is 2.99. The fourth-order valence-corrected chi connectivity index (χ4v) is 0.994. The molecule has 66 valence electrons. The molecule has 0 aromatic carbocycles. The van der Waals surface area contributed by atoms with Crippen molar-refractivity contribution >= 4 is 27.5 Å². The second-order valence-electron chi connectivity index (χ2n) is 1.84. The molecule has 0 atom stereocenters. The topological polar surface area (TPSA) is 34.9 Å². The third-order valence-corrected chi connectivity index (χ3v) is 2.34. The molecule has 12 heavy (non-hydrogen) atoms. The SMILES string of the molecule is O=c1c(Br)c(Cl)ncn1C(F)F. The van der Waals surface area contributed by atoms with Crippen LogP contribution in [0.4, 0.5) is 8.78 Å². The number of nitrogens with zero attached hydrogens (tertiary/aromatic N) is 2. The van der Waals surface area contributed by atoms with E-state index in [1.165, 1.54) is 0 Å². The summed E-state index contributed by atoms with van der Waals surface area (Å²) in [6, 6.07) is 0. The van der Waals surface area contributed by atoms with Crippen LogP contribution in [0.3, 0.4) is 0 Å². The third-order valence-electron chi connectivity index (χ3n) is 1.11. The van der Waals surface area contributed by atoms with E-state index in [1.54, 1.807) is 0 Å². The maximum absolute atomic E-state index is 12.0. The molecule has 0 aliphatic heterocycles. The molecule has 0 unspecified atom stereocenters. The molecule has 1 aromatic heterocycles. The van der Waals surface area contributed by atoms with Crippen LogP contribution in [0, 0.1) is 0 Å². The van der Waals surface area contributed by atoms with Crippen molar-refractivity contribution < 1.29 is 8.78 Å². The van der Waals surface area contributed by atoms with E-state index in [9.17, 15) is 13.6 Å². The molecule has 0 aliphatic carbocycles. The Morgan fingerprint density at radius 1 is 1.67 bits per heavy atom. The van der Waals surface area contributed by atoms with Crippen LogP contribution in [0.2, 0.25) is 5.15 Å². The first-order valence-corrected chi connectivity index (χ1v) is 3.91. The largest absolute Gasteiger partial charge is 0.322 e. The Morgan fingerprint density at radius 3 is 2.75 bits per heavy atom. The van der Waals surface area contributed by atoms with Crippen molar-refractivity contribution in [3.05, 3.63) is 26.3 Å². The highest BCUT2D eigenvalue weighted by molar-refractivity contribution is 9.10. The molecule has 0 aliphatic rings. The van der Waals surface area contributed by atoms with E-state index in [0.29, 0.717) is 6.33 Å². The summed E-state index contributed by atoms with van der Waals surface area (Å²) in [7, 11) is 0. The minimum Gasteiger partial charge on any atom is -0.268 e. The third kappa shape index (κ3) is 1.64. The standard InChI is InChI=1S/C5H2BrClF2N2O/c6-2-3(7)10-1-11(4(2)12)5(8)9/h1,5H. The van der Waals surface area contributed by atoms with Crippen LogP contribution in [-0.4, -0.2) is 9.55 Å². The van der Waals surface area contributed by atoms with Crippen LogP contribution in [0.15, 0.2) is 15.6 Å². The molecule has 0 amide bonds. The van der Waals surface area contributed by atoms with Gasteiger partial charge in [0.15, 0.2) is 5.15 Å². The van der Waals surface area contributed by atoms with Crippen molar-refractivity contribution in [3.63, 3.8) is 0 Å². The molecule has 3 nitrogen and oxygen atoms in total. The monoisotopic (exact) mass is 258 g/mol. The van der Waals surface area contributed by atoms with Crippen LogP contribution < -0.4 is 5.56 Å². The molecule has 1 rings (SSSR count). The summed E-state index contributed by atoms with van der Waals surface area (Å²) in [5.41, 5.74) is -0.898. The summed E-state index contributed by atoms with van der Waals surface area (Å²) in [5, 5.41) is -0.128. The van der Waals surface area contributed by atoms with Crippen LogP contribution >= 0.6 is 27.5 Å². The summed E-state index contributed by atoms with van der Waals surface area (Å²) < 4.78 is 24.0. The molecule has 0 saturated heterocycles. The second kappa shape index (κ2) is 3.49. The Labute approximate surface area is 79.1 Å². The lowest BCUT2D eigenvalue weighted by Crippen LogP contribution is -2.21. The van der Waals surface area contributed by atoms with E-state index in [1.807, 2.05) is 0 Å². The van der Waals surface area contributed by atoms with Crippen LogP contribution in [-0.2, 0) is 0 Å². The van der Waals surface area contributed by atoms with Gasteiger partial charge in [-0.15, -0.1) is 0 Å². The molecular formula is C5H2BrClF2N2O. The van der Waals surface area contributed by atoms with Crippen molar-refractivity contribution in [1.82, 2.24) is 9.55 Å². The van der Waals surface area contributed by atoms with Gasteiger partial charge in [-0.3, -0.25) is 4.79 Å². The van der Waals surface area contributed by atoms with Crippen LogP contribution in [0.5, 0.6) is 0 Å². The minimum absolute atomic E-state index is 0.128. The number of halogens is 4. The zero-order valence-electron chi connectivity index (χ0n) is 5.47. The number of aromatic nitrogens is 2. The van der Waals surface area contributed by atoms with Gasteiger partial charge in [0.25, 0.3) is 5.56 Å². The number of hydrogen-bond donors (Lipinski definition) is 0. The Morgan fingerprint density at radius 2 is 2.25 bits per heavy atom. The molecule has 0 saturated carbocycles. The fourth-order valence-electron chi connectivity index (χ4n) is 0.563. The van der Waals surface area contributed by atoms with Crippen LogP contribution in [0.25, 0.3) is 0 Å². The molecule has 0 radical (unpaired) electrons. The number of rotatable bonds is 1. The molecule has 0 fully saturated rings. The van der Waals surface area contributed by atoms with Gasteiger partial charge in [-0.1, -0.05) is 11.6 Å². The highest BCUT2D eigenvalue weighted by atomic mass is 79.9. The average Bonchev–Trinajstić information content (AvgIpc) is 2.00. The number of alkyl halides is 2. The van der Waals surface area contributed by atoms with Gasteiger partial charge < -0.3 is 0 Å². The van der Waals surface area contributed by atoms with E-state index >= 15 is 0 Å². The Bertz CT molecular complexity index is 354.